The second kappa shape index (κ2) is 12.5. The van der Waals surface area contributed by atoms with Crippen molar-refractivity contribution in [3.8, 4) is 17.3 Å². The molecule has 2 N–H and O–H groups in total. The highest BCUT2D eigenvalue weighted by molar-refractivity contribution is 6.33. The van der Waals surface area contributed by atoms with E-state index in [0.29, 0.717) is 30.7 Å². The normalized spacial score (nSPS) is 21.4. The Morgan fingerprint density at radius 1 is 1.28 bits per heavy atom. The fourth-order valence-corrected chi connectivity index (χ4v) is 5.23. The van der Waals surface area contributed by atoms with Crippen LogP contribution in [-0.4, -0.2) is 55.4 Å². The Kier molecular flexibility index (Phi) is 9.13. The van der Waals surface area contributed by atoms with Crippen LogP contribution in [0.1, 0.15) is 44.2 Å². The molecule has 2 aliphatic rings. The number of nitriles is 1. The minimum absolute atomic E-state index is 0.0512. The molecule has 0 spiro atoms. The van der Waals surface area contributed by atoms with E-state index in [1.165, 1.54) is 7.11 Å². The first kappa shape index (κ1) is 26.3. The molecule has 1 saturated carbocycles. The first-order valence-electron chi connectivity index (χ1n) is 12.6. The SMILES string of the molecule is COCC(=O)NC1CCC(Cc2cc(-c3cccc(NCC4(C#N)CCOCC4)n3)c(Cl)cn2)CC1. The lowest BCUT2D eigenvalue weighted by Gasteiger charge is -2.30. The van der Waals surface area contributed by atoms with Crippen LogP contribution in [0.4, 0.5) is 5.82 Å². The molecular formula is C27H34ClN5O3. The molecule has 192 valence electrons. The zero-order chi connectivity index (χ0) is 25.4. The number of anilines is 1. The molecule has 2 fully saturated rings. The summed E-state index contributed by atoms with van der Waals surface area (Å²) in [6, 6.07) is 10.5. The van der Waals surface area contributed by atoms with E-state index in [9.17, 15) is 10.1 Å². The number of ether oxygens (including phenoxy) is 2. The summed E-state index contributed by atoms with van der Waals surface area (Å²) in [6.07, 6.45) is 8.03. The van der Waals surface area contributed by atoms with Crippen molar-refractivity contribution in [3.05, 3.63) is 41.2 Å². The number of pyridine rings is 2. The Labute approximate surface area is 217 Å². The van der Waals surface area contributed by atoms with Gasteiger partial charge in [0.1, 0.15) is 12.4 Å². The van der Waals surface area contributed by atoms with E-state index in [2.05, 4.69) is 21.7 Å². The summed E-state index contributed by atoms with van der Waals surface area (Å²) >= 11 is 6.53. The van der Waals surface area contributed by atoms with Crippen molar-refractivity contribution in [1.29, 1.82) is 5.26 Å². The molecule has 36 heavy (non-hydrogen) atoms. The zero-order valence-electron chi connectivity index (χ0n) is 20.8. The third-order valence-corrected chi connectivity index (χ3v) is 7.52. The molecule has 1 aliphatic heterocycles. The maximum Gasteiger partial charge on any atom is 0.246 e. The molecule has 0 radical (unpaired) electrons. The Hall–Kier alpha value is -2.73. The molecule has 0 atom stereocenters. The van der Waals surface area contributed by atoms with Crippen molar-refractivity contribution in [1.82, 2.24) is 15.3 Å². The Morgan fingerprint density at radius 3 is 2.78 bits per heavy atom. The molecule has 9 heteroatoms. The van der Waals surface area contributed by atoms with Crippen LogP contribution in [-0.2, 0) is 20.7 Å². The number of rotatable bonds is 9. The number of aromatic nitrogens is 2. The van der Waals surface area contributed by atoms with Gasteiger partial charge in [-0.2, -0.15) is 5.26 Å². The summed E-state index contributed by atoms with van der Waals surface area (Å²) in [7, 11) is 1.53. The quantitative estimate of drug-likeness (QED) is 0.513. The summed E-state index contributed by atoms with van der Waals surface area (Å²) in [5, 5.41) is 16.7. The van der Waals surface area contributed by atoms with Crippen LogP contribution in [0.25, 0.3) is 11.3 Å². The molecule has 0 aromatic carbocycles. The van der Waals surface area contributed by atoms with Crippen LogP contribution in [0.15, 0.2) is 30.5 Å². The van der Waals surface area contributed by atoms with E-state index < -0.39 is 5.41 Å². The van der Waals surface area contributed by atoms with Gasteiger partial charge in [0.15, 0.2) is 0 Å². The van der Waals surface area contributed by atoms with E-state index >= 15 is 0 Å². The van der Waals surface area contributed by atoms with Gasteiger partial charge in [0.2, 0.25) is 5.91 Å². The van der Waals surface area contributed by atoms with Crippen LogP contribution in [0.3, 0.4) is 0 Å². The fraction of sp³-hybridized carbons (Fsp3) is 0.556. The molecule has 2 aromatic rings. The Bertz CT molecular complexity index is 1080. The van der Waals surface area contributed by atoms with Crippen LogP contribution in [0.2, 0.25) is 5.02 Å². The lowest BCUT2D eigenvalue weighted by molar-refractivity contribution is -0.125. The van der Waals surface area contributed by atoms with Gasteiger partial charge in [0, 0.05) is 50.4 Å². The number of halogens is 1. The highest BCUT2D eigenvalue weighted by Gasteiger charge is 2.32. The molecule has 8 nitrogen and oxygen atoms in total. The predicted octanol–water partition coefficient (Wildman–Crippen LogP) is 4.39. The number of methoxy groups -OCH3 is 1. The summed E-state index contributed by atoms with van der Waals surface area (Å²) in [4.78, 5) is 21.1. The Balaban J connectivity index is 1.38. The minimum Gasteiger partial charge on any atom is -0.381 e. The average molecular weight is 512 g/mol. The van der Waals surface area contributed by atoms with Crippen LogP contribution in [0.5, 0.6) is 0 Å². The van der Waals surface area contributed by atoms with E-state index in [1.807, 2.05) is 24.3 Å². The van der Waals surface area contributed by atoms with Gasteiger partial charge in [-0.05, 0) is 69.1 Å². The fourth-order valence-electron chi connectivity index (χ4n) is 5.03. The number of amides is 1. The summed E-state index contributed by atoms with van der Waals surface area (Å²) in [6.45, 7) is 1.87. The van der Waals surface area contributed by atoms with Crippen molar-refractivity contribution in [3.63, 3.8) is 0 Å². The molecule has 1 saturated heterocycles. The van der Waals surface area contributed by atoms with Crippen molar-refractivity contribution in [2.45, 2.75) is 51.0 Å². The smallest absolute Gasteiger partial charge is 0.246 e. The topological polar surface area (TPSA) is 109 Å². The van der Waals surface area contributed by atoms with Crippen molar-refractivity contribution in [2.24, 2.45) is 11.3 Å². The monoisotopic (exact) mass is 511 g/mol. The summed E-state index contributed by atoms with van der Waals surface area (Å²) in [5.74, 6) is 1.19. The van der Waals surface area contributed by atoms with E-state index in [1.54, 1.807) is 6.20 Å². The number of nitrogens with zero attached hydrogens (tertiary/aromatic N) is 3. The van der Waals surface area contributed by atoms with Crippen molar-refractivity contribution < 1.29 is 14.3 Å². The second-order valence-corrected chi connectivity index (χ2v) is 10.3. The van der Waals surface area contributed by atoms with Gasteiger partial charge >= 0.3 is 0 Å². The maximum absolute atomic E-state index is 11.8. The van der Waals surface area contributed by atoms with Crippen LogP contribution < -0.4 is 10.6 Å². The molecule has 0 unspecified atom stereocenters. The Morgan fingerprint density at radius 2 is 2.06 bits per heavy atom. The van der Waals surface area contributed by atoms with E-state index in [4.69, 9.17) is 26.1 Å². The van der Waals surface area contributed by atoms with Gasteiger partial charge in [-0.25, -0.2) is 4.98 Å². The second-order valence-electron chi connectivity index (χ2n) is 9.84. The maximum atomic E-state index is 11.8. The van der Waals surface area contributed by atoms with Gasteiger partial charge in [0.25, 0.3) is 0 Å². The predicted molar refractivity (Wildman–Crippen MR) is 139 cm³/mol. The number of hydrogen-bond acceptors (Lipinski definition) is 7. The number of nitrogens with one attached hydrogen (secondary N) is 2. The van der Waals surface area contributed by atoms with Gasteiger partial charge < -0.3 is 20.1 Å². The van der Waals surface area contributed by atoms with Gasteiger partial charge in [-0.15, -0.1) is 0 Å². The third-order valence-electron chi connectivity index (χ3n) is 7.22. The molecule has 0 bridgehead atoms. The average Bonchev–Trinajstić information content (AvgIpc) is 2.90. The van der Waals surface area contributed by atoms with Gasteiger partial charge in [-0.1, -0.05) is 17.7 Å². The van der Waals surface area contributed by atoms with E-state index in [0.717, 1.165) is 67.7 Å². The van der Waals surface area contributed by atoms with Crippen LogP contribution >= 0.6 is 11.6 Å². The first-order chi connectivity index (χ1) is 17.5. The molecule has 2 aromatic heterocycles. The summed E-state index contributed by atoms with van der Waals surface area (Å²) < 4.78 is 10.3. The molecule has 4 rings (SSSR count). The van der Waals surface area contributed by atoms with Crippen molar-refractivity contribution >= 4 is 23.3 Å². The third kappa shape index (κ3) is 6.94. The molecule has 3 heterocycles. The largest absolute Gasteiger partial charge is 0.381 e. The van der Waals surface area contributed by atoms with E-state index in [-0.39, 0.29) is 18.6 Å². The zero-order valence-corrected chi connectivity index (χ0v) is 21.5. The molecular weight excluding hydrogens is 478 g/mol. The molecule has 1 aliphatic carbocycles. The highest BCUT2D eigenvalue weighted by Crippen LogP contribution is 2.32. The highest BCUT2D eigenvalue weighted by atomic mass is 35.5. The van der Waals surface area contributed by atoms with Gasteiger partial charge in [-0.3, -0.25) is 9.78 Å². The van der Waals surface area contributed by atoms with Crippen LogP contribution in [0, 0.1) is 22.7 Å². The number of carbonyl (C=O) groups excluding carboxylic acids is 1. The standard InChI is InChI=1S/C27H34ClN5O3/c1-35-16-26(34)32-20-7-5-19(6-8-20)13-21-14-22(23(28)15-30-21)24-3-2-4-25(33-24)31-18-27(17-29)9-11-36-12-10-27/h2-4,14-15,19-20H,5-13,16,18H2,1H3,(H,31,33)(H,32,34). The van der Waals surface area contributed by atoms with Crippen molar-refractivity contribution in [2.75, 3.05) is 38.8 Å². The number of hydrogen-bond donors (Lipinski definition) is 2. The first-order valence-corrected chi connectivity index (χ1v) is 13.0. The lowest BCUT2D eigenvalue weighted by Crippen LogP contribution is -2.39. The number of carbonyl (C=O) groups is 1. The van der Waals surface area contributed by atoms with Gasteiger partial charge in [0.05, 0.1) is 22.2 Å². The lowest BCUT2D eigenvalue weighted by atomic mass is 9.82. The molecule has 1 amide bonds. The summed E-state index contributed by atoms with van der Waals surface area (Å²) in [5.41, 5.74) is 2.19. The minimum atomic E-state index is -0.428.